The van der Waals surface area contributed by atoms with Crippen molar-refractivity contribution in [1.82, 2.24) is 9.55 Å². The Kier molecular flexibility index (Phi) is 7.33. The van der Waals surface area contributed by atoms with Gasteiger partial charge in [0.2, 0.25) is 5.78 Å². The first kappa shape index (κ1) is 25.4. The fraction of sp³-hybridized carbons (Fsp3) is 0.219. The van der Waals surface area contributed by atoms with Gasteiger partial charge in [-0.2, -0.15) is 0 Å². The number of nitrogens with zero attached hydrogens (tertiary/aromatic N) is 2. The van der Waals surface area contributed by atoms with Crippen molar-refractivity contribution in [3.63, 3.8) is 0 Å². The summed E-state index contributed by atoms with van der Waals surface area (Å²) in [5.41, 5.74) is 4.43. The number of carboxylic acids is 1. The van der Waals surface area contributed by atoms with Crippen LogP contribution in [0.1, 0.15) is 52.1 Å². The number of ether oxygens (including phenoxy) is 1. The van der Waals surface area contributed by atoms with E-state index >= 15 is 0 Å². The maximum atomic E-state index is 13.4. The summed E-state index contributed by atoms with van der Waals surface area (Å²) < 4.78 is 7.55. The SMILES string of the molecule is Cc1ccc(C(=O)c2nc(-c3ccccc3)cn2Cc2ccc(C=CCOC3(C(=O)O)CCC3)cc2)cc1. The fourth-order valence-electron chi connectivity index (χ4n) is 4.54. The van der Waals surface area contributed by atoms with E-state index in [9.17, 15) is 14.7 Å². The van der Waals surface area contributed by atoms with Gasteiger partial charge >= 0.3 is 5.97 Å². The molecule has 0 spiro atoms. The molecule has 5 rings (SSSR count). The molecular formula is C32H30N2O4. The lowest BCUT2D eigenvalue weighted by atomic mass is 9.80. The van der Waals surface area contributed by atoms with Gasteiger partial charge in [-0.15, -0.1) is 0 Å². The van der Waals surface area contributed by atoms with Crippen LogP contribution in [0.5, 0.6) is 0 Å². The highest BCUT2D eigenvalue weighted by Gasteiger charge is 2.45. The normalized spacial score (nSPS) is 14.3. The first-order valence-corrected chi connectivity index (χ1v) is 12.8. The van der Waals surface area contributed by atoms with E-state index in [2.05, 4.69) is 0 Å². The second-order valence-electron chi connectivity index (χ2n) is 9.75. The van der Waals surface area contributed by atoms with Crippen LogP contribution in [0.25, 0.3) is 17.3 Å². The van der Waals surface area contributed by atoms with Gasteiger partial charge in [0.05, 0.1) is 12.3 Å². The number of aryl methyl sites for hydroxylation is 1. The minimum Gasteiger partial charge on any atom is -0.479 e. The Labute approximate surface area is 222 Å². The van der Waals surface area contributed by atoms with Crippen LogP contribution in [0.4, 0.5) is 0 Å². The summed E-state index contributed by atoms with van der Waals surface area (Å²) in [4.78, 5) is 29.6. The van der Waals surface area contributed by atoms with E-state index in [1.54, 1.807) is 0 Å². The number of carboxylic acid groups (broad SMARTS) is 1. The van der Waals surface area contributed by atoms with Gasteiger partial charge in [-0.25, -0.2) is 9.78 Å². The van der Waals surface area contributed by atoms with Crippen LogP contribution in [-0.4, -0.2) is 38.6 Å². The number of aromatic nitrogens is 2. The highest BCUT2D eigenvalue weighted by Crippen LogP contribution is 2.35. The molecule has 0 amide bonds. The summed E-state index contributed by atoms with van der Waals surface area (Å²) in [6, 6.07) is 25.4. The van der Waals surface area contributed by atoms with E-state index in [1.165, 1.54) is 0 Å². The Bertz CT molecular complexity index is 1450. The molecular weight excluding hydrogens is 476 g/mol. The molecule has 0 bridgehead atoms. The lowest BCUT2D eigenvalue weighted by Crippen LogP contribution is -2.47. The molecule has 192 valence electrons. The minimum absolute atomic E-state index is 0.114. The molecule has 1 saturated carbocycles. The van der Waals surface area contributed by atoms with Crippen LogP contribution in [0.15, 0.2) is 91.1 Å². The molecule has 4 aromatic rings. The monoisotopic (exact) mass is 506 g/mol. The average molecular weight is 507 g/mol. The molecule has 0 radical (unpaired) electrons. The molecule has 6 heteroatoms. The second kappa shape index (κ2) is 11.0. The third-order valence-corrected chi connectivity index (χ3v) is 7.01. The van der Waals surface area contributed by atoms with Crippen molar-refractivity contribution in [3.8, 4) is 11.3 Å². The van der Waals surface area contributed by atoms with Crippen LogP contribution in [-0.2, 0) is 16.1 Å². The molecule has 0 aliphatic heterocycles. The van der Waals surface area contributed by atoms with Gasteiger partial charge in [0.25, 0.3) is 0 Å². The van der Waals surface area contributed by atoms with Crippen LogP contribution in [0.2, 0.25) is 0 Å². The maximum Gasteiger partial charge on any atom is 0.335 e. The number of benzene rings is 3. The third-order valence-electron chi connectivity index (χ3n) is 7.01. The molecule has 0 unspecified atom stereocenters. The zero-order chi connectivity index (χ0) is 26.5. The van der Waals surface area contributed by atoms with E-state index in [4.69, 9.17) is 9.72 Å². The summed E-state index contributed by atoms with van der Waals surface area (Å²) in [6.45, 7) is 2.76. The highest BCUT2D eigenvalue weighted by atomic mass is 16.5. The first-order chi connectivity index (χ1) is 18.4. The van der Waals surface area contributed by atoms with Gasteiger partial charge in [-0.1, -0.05) is 96.6 Å². The topological polar surface area (TPSA) is 81.4 Å². The van der Waals surface area contributed by atoms with Crippen molar-refractivity contribution in [1.29, 1.82) is 0 Å². The number of aliphatic carboxylic acids is 1. The van der Waals surface area contributed by atoms with Crippen LogP contribution >= 0.6 is 0 Å². The predicted octanol–water partition coefficient (Wildman–Crippen LogP) is 6.17. The zero-order valence-electron chi connectivity index (χ0n) is 21.3. The number of imidazole rings is 1. The Morgan fingerprint density at radius 2 is 1.71 bits per heavy atom. The standard InChI is InChI=1S/C32H30N2O4/c1-23-10-16-27(17-11-23)29(35)30-33-28(26-8-3-2-4-9-26)22-34(30)21-25-14-12-24(13-15-25)7-5-20-38-32(31(36)37)18-6-19-32/h2-5,7-17,22H,6,18-21H2,1H3,(H,36,37). The summed E-state index contributed by atoms with van der Waals surface area (Å²) in [7, 11) is 0. The largest absolute Gasteiger partial charge is 0.479 e. The van der Waals surface area contributed by atoms with Gasteiger partial charge in [-0.05, 0) is 37.3 Å². The highest BCUT2D eigenvalue weighted by molar-refractivity contribution is 6.07. The fourth-order valence-corrected chi connectivity index (χ4v) is 4.54. The van der Waals surface area contributed by atoms with Crippen molar-refractivity contribution in [2.75, 3.05) is 6.61 Å². The Balaban J connectivity index is 1.32. The molecule has 1 aromatic heterocycles. The van der Waals surface area contributed by atoms with Crippen molar-refractivity contribution >= 4 is 17.8 Å². The second-order valence-corrected chi connectivity index (χ2v) is 9.75. The number of rotatable bonds is 10. The van der Waals surface area contributed by atoms with Crippen LogP contribution in [0, 0.1) is 6.92 Å². The summed E-state index contributed by atoms with van der Waals surface area (Å²) in [5, 5.41) is 9.37. The molecule has 1 fully saturated rings. The summed E-state index contributed by atoms with van der Waals surface area (Å²) >= 11 is 0. The molecule has 3 aromatic carbocycles. The van der Waals surface area contributed by atoms with Gasteiger partial charge in [0, 0.05) is 23.9 Å². The average Bonchev–Trinajstić information content (AvgIpc) is 3.32. The van der Waals surface area contributed by atoms with E-state index in [0.29, 0.717) is 30.8 Å². The van der Waals surface area contributed by atoms with Crippen LogP contribution < -0.4 is 0 Å². The first-order valence-electron chi connectivity index (χ1n) is 12.8. The number of ketones is 1. The van der Waals surface area contributed by atoms with E-state index in [1.807, 2.05) is 109 Å². The van der Waals surface area contributed by atoms with E-state index in [0.717, 1.165) is 34.4 Å². The van der Waals surface area contributed by atoms with Crippen LogP contribution in [0.3, 0.4) is 0 Å². The molecule has 0 saturated heterocycles. The van der Waals surface area contributed by atoms with Gasteiger partial charge < -0.3 is 14.4 Å². The minimum atomic E-state index is -1.01. The summed E-state index contributed by atoms with van der Waals surface area (Å²) in [5.74, 6) is -0.592. The van der Waals surface area contributed by atoms with Gasteiger partial charge in [0.15, 0.2) is 11.4 Å². The quantitative estimate of drug-likeness (QED) is 0.260. The van der Waals surface area contributed by atoms with Crippen molar-refractivity contribution < 1.29 is 19.4 Å². The number of hydrogen-bond donors (Lipinski definition) is 1. The molecule has 38 heavy (non-hydrogen) atoms. The predicted molar refractivity (Wildman–Crippen MR) is 147 cm³/mol. The van der Waals surface area contributed by atoms with Crippen molar-refractivity contribution in [3.05, 3.63) is 119 Å². The lowest BCUT2D eigenvalue weighted by molar-refractivity contribution is -0.176. The molecule has 1 heterocycles. The molecule has 0 atom stereocenters. The van der Waals surface area contributed by atoms with E-state index in [-0.39, 0.29) is 12.4 Å². The maximum absolute atomic E-state index is 13.4. The number of carbonyl (C=O) groups excluding carboxylic acids is 1. The Morgan fingerprint density at radius 1 is 1.00 bits per heavy atom. The van der Waals surface area contributed by atoms with Crippen molar-refractivity contribution in [2.45, 2.75) is 38.3 Å². The molecule has 6 nitrogen and oxygen atoms in total. The smallest absolute Gasteiger partial charge is 0.335 e. The lowest BCUT2D eigenvalue weighted by Gasteiger charge is -2.36. The molecule has 1 aliphatic carbocycles. The molecule has 1 aliphatic rings. The number of hydrogen-bond acceptors (Lipinski definition) is 4. The zero-order valence-corrected chi connectivity index (χ0v) is 21.3. The third kappa shape index (κ3) is 5.50. The van der Waals surface area contributed by atoms with Gasteiger partial charge in [-0.3, -0.25) is 4.79 Å². The summed E-state index contributed by atoms with van der Waals surface area (Å²) in [6.07, 6.45) is 7.73. The van der Waals surface area contributed by atoms with Gasteiger partial charge in [0.1, 0.15) is 0 Å². The van der Waals surface area contributed by atoms with E-state index < -0.39 is 11.6 Å². The number of carbonyl (C=O) groups is 2. The van der Waals surface area contributed by atoms with Crippen molar-refractivity contribution in [2.24, 2.45) is 0 Å². The Hall–Kier alpha value is -4.29. The Morgan fingerprint density at radius 3 is 2.34 bits per heavy atom. The molecule has 1 N–H and O–H groups in total.